The van der Waals surface area contributed by atoms with Gasteiger partial charge in [0.25, 0.3) is 5.78 Å². The molecule has 1 aromatic carbocycles. The van der Waals surface area contributed by atoms with Crippen molar-refractivity contribution in [3.63, 3.8) is 0 Å². The number of carbonyl (C=O) groups excluding carboxylic acids is 1. The first-order chi connectivity index (χ1) is 7.34. The Morgan fingerprint density at radius 2 is 1.81 bits per heavy atom. The van der Waals surface area contributed by atoms with Gasteiger partial charge in [-0.2, -0.15) is 0 Å². The summed E-state index contributed by atoms with van der Waals surface area (Å²) in [5, 5.41) is 8.44. The third-order valence-corrected chi connectivity index (χ3v) is 2.16. The molecule has 0 unspecified atom stereocenters. The van der Waals surface area contributed by atoms with Gasteiger partial charge in [0, 0.05) is 0 Å². The van der Waals surface area contributed by atoms with Gasteiger partial charge in [0.05, 0.1) is 5.56 Å². The maximum atomic E-state index is 13.2. The van der Waals surface area contributed by atoms with E-state index in [2.05, 4.69) is 0 Å². The lowest BCUT2D eigenvalue weighted by atomic mass is 9.98. The molecule has 0 saturated heterocycles. The second-order valence-corrected chi connectivity index (χ2v) is 3.65. The van der Waals surface area contributed by atoms with Crippen molar-refractivity contribution in [1.82, 2.24) is 0 Å². The molecule has 0 radical (unpaired) electrons. The molecule has 16 heavy (non-hydrogen) atoms. The molecule has 86 valence electrons. The van der Waals surface area contributed by atoms with Crippen LogP contribution in [0.15, 0.2) is 12.1 Å². The van der Waals surface area contributed by atoms with Crippen LogP contribution in [0.25, 0.3) is 0 Å². The van der Waals surface area contributed by atoms with Crippen LogP contribution in [0, 0.1) is 11.6 Å². The Labute approximate surface area is 90.7 Å². The van der Waals surface area contributed by atoms with Crippen molar-refractivity contribution in [1.29, 1.82) is 0 Å². The van der Waals surface area contributed by atoms with Gasteiger partial charge in [0.1, 0.15) is 0 Å². The van der Waals surface area contributed by atoms with Crippen molar-refractivity contribution in [3.8, 4) is 0 Å². The summed E-state index contributed by atoms with van der Waals surface area (Å²) in [6.07, 6.45) is 0. The molecule has 0 aliphatic heterocycles. The third-order valence-electron chi connectivity index (χ3n) is 2.16. The van der Waals surface area contributed by atoms with Crippen LogP contribution in [0.5, 0.6) is 0 Å². The molecule has 0 heterocycles. The van der Waals surface area contributed by atoms with E-state index in [-0.39, 0.29) is 5.92 Å². The quantitative estimate of drug-likeness (QED) is 0.638. The number of benzene rings is 1. The number of ketones is 1. The number of hydrogen-bond donors (Lipinski definition) is 1. The van der Waals surface area contributed by atoms with E-state index < -0.39 is 29.0 Å². The molecule has 0 aliphatic rings. The lowest BCUT2D eigenvalue weighted by molar-refractivity contribution is -0.131. The van der Waals surface area contributed by atoms with Crippen molar-refractivity contribution in [2.24, 2.45) is 0 Å². The molecule has 1 N–H and O–H groups in total. The van der Waals surface area contributed by atoms with Crippen molar-refractivity contribution in [3.05, 3.63) is 34.9 Å². The summed E-state index contributed by atoms with van der Waals surface area (Å²) in [6, 6.07) is 2.03. The van der Waals surface area contributed by atoms with E-state index >= 15 is 0 Å². The van der Waals surface area contributed by atoms with Crippen LogP contribution >= 0.6 is 0 Å². The van der Waals surface area contributed by atoms with Crippen LogP contribution in [0.2, 0.25) is 0 Å². The van der Waals surface area contributed by atoms with Gasteiger partial charge in [0.2, 0.25) is 0 Å². The number of Topliss-reactive ketones (excluding diaryl/α,β-unsaturated/α-hetero) is 1. The van der Waals surface area contributed by atoms with E-state index in [9.17, 15) is 18.4 Å². The minimum absolute atomic E-state index is 0.129. The number of halogens is 2. The second-order valence-electron chi connectivity index (χ2n) is 3.65. The highest BCUT2D eigenvalue weighted by molar-refractivity contribution is 6.39. The van der Waals surface area contributed by atoms with E-state index in [1.165, 1.54) is 0 Å². The predicted octanol–water partition coefficient (Wildman–Crippen LogP) is 2.36. The Hall–Kier alpha value is -1.78. The van der Waals surface area contributed by atoms with E-state index in [1.54, 1.807) is 13.8 Å². The third kappa shape index (κ3) is 2.24. The molecule has 5 heteroatoms. The number of hydrogen-bond acceptors (Lipinski definition) is 2. The number of carbonyl (C=O) groups is 2. The highest BCUT2D eigenvalue weighted by Crippen LogP contribution is 2.21. The molecule has 1 aromatic rings. The molecule has 3 nitrogen and oxygen atoms in total. The standard InChI is InChI=1S/C11H10F2O3/c1-5(2)6-3-7(10(14)11(15)16)9(13)8(12)4-6/h3-5H,1-2H3,(H,15,16). The Morgan fingerprint density at radius 1 is 1.25 bits per heavy atom. The minimum Gasteiger partial charge on any atom is -0.475 e. The number of carboxylic acid groups (broad SMARTS) is 1. The van der Waals surface area contributed by atoms with Gasteiger partial charge in [0.15, 0.2) is 11.6 Å². The number of rotatable bonds is 3. The van der Waals surface area contributed by atoms with Crippen molar-refractivity contribution in [2.45, 2.75) is 19.8 Å². The van der Waals surface area contributed by atoms with Gasteiger partial charge in [-0.3, -0.25) is 4.79 Å². The van der Waals surface area contributed by atoms with Crippen LogP contribution in [-0.2, 0) is 4.79 Å². The Kier molecular flexibility index (Phi) is 3.37. The molecule has 0 bridgehead atoms. The fraction of sp³-hybridized carbons (Fsp3) is 0.273. The normalized spacial score (nSPS) is 10.6. The van der Waals surface area contributed by atoms with E-state index in [0.717, 1.165) is 12.1 Å². The van der Waals surface area contributed by atoms with E-state index in [0.29, 0.717) is 5.56 Å². The van der Waals surface area contributed by atoms with Crippen molar-refractivity contribution in [2.75, 3.05) is 0 Å². The van der Waals surface area contributed by atoms with Crippen LogP contribution in [0.4, 0.5) is 8.78 Å². The summed E-state index contributed by atoms with van der Waals surface area (Å²) in [4.78, 5) is 21.5. The number of aliphatic carboxylic acids is 1. The summed E-state index contributed by atoms with van der Waals surface area (Å²) in [7, 11) is 0. The van der Waals surface area contributed by atoms with Gasteiger partial charge < -0.3 is 5.11 Å². The highest BCUT2D eigenvalue weighted by atomic mass is 19.2. The summed E-state index contributed by atoms with van der Waals surface area (Å²) in [5.41, 5.74) is -0.361. The average Bonchev–Trinajstić information content (AvgIpc) is 2.20. The smallest absolute Gasteiger partial charge is 0.377 e. The molecule has 0 aromatic heterocycles. The maximum Gasteiger partial charge on any atom is 0.377 e. The molecular weight excluding hydrogens is 218 g/mol. The second kappa shape index (κ2) is 4.38. The van der Waals surface area contributed by atoms with Crippen molar-refractivity contribution < 1.29 is 23.5 Å². The monoisotopic (exact) mass is 228 g/mol. The minimum atomic E-state index is -1.81. The van der Waals surface area contributed by atoms with Gasteiger partial charge >= 0.3 is 5.97 Å². The molecule has 0 fully saturated rings. The Morgan fingerprint density at radius 3 is 2.25 bits per heavy atom. The first kappa shape index (κ1) is 12.3. The summed E-state index contributed by atoms with van der Waals surface area (Å²) in [6.45, 7) is 3.45. The molecular formula is C11H10F2O3. The summed E-state index contributed by atoms with van der Waals surface area (Å²) < 4.78 is 26.3. The van der Waals surface area contributed by atoms with Gasteiger partial charge in [-0.05, 0) is 23.6 Å². The lowest BCUT2D eigenvalue weighted by Crippen LogP contribution is -2.16. The Balaban J connectivity index is 3.38. The van der Waals surface area contributed by atoms with E-state index in [1.807, 2.05) is 0 Å². The molecule has 0 spiro atoms. The van der Waals surface area contributed by atoms with Crippen LogP contribution in [0.3, 0.4) is 0 Å². The molecule has 0 atom stereocenters. The molecule has 0 saturated carbocycles. The van der Waals surface area contributed by atoms with Gasteiger partial charge in [-0.25, -0.2) is 13.6 Å². The Bertz CT molecular complexity index is 453. The van der Waals surface area contributed by atoms with Crippen LogP contribution in [0.1, 0.15) is 35.7 Å². The largest absolute Gasteiger partial charge is 0.475 e. The van der Waals surface area contributed by atoms with Gasteiger partial charge in [-0.1, -0.05) is 13.8 Å². The molecule has 0 amide bonds. The molecule has 1 rings (SSSR count). The first-order valence-corrected chi connectivity index (χ1v) is 4.61. The topological polar surface area (TPSA) is 54.4 Å². The van der Waals surface area contributed by atoms with E-state index in [4.69, 9.17) is 5.11 Å². The summed E-state index contributed by atoms with van der Waals surface area (Å²) >= 11 is 0. The zero-order chi connectivity index (χ0) is 12.5. The maximum absolute atomic E-state index is 13.2. The summed E-state index contributed by atoms with van der Waals surface area (Å²) in [5.74, 6) is -6.01. The van der Waals surface area contributed by atoms with Crippen LogP contribution in [-0.4, -0.2) is 16.9 Å². The van der Waals surface area contributed by atoms with Crippen LogP contribution < -0.4 is 0 Å². The predicted molar refractivity (Wildman–Crippen MR) is 52.4 cm³/mol. The zero-order valence-corrected chi connectivity index (χ0v) is 8.75. The fourth-order valence-electron chi connectivity index (χ4n) is 1.22. The average molecular weight is 228 g/mol. The van der Waals surface area contributed by atoms with Crippen molar-refractivity contribution >= 4 is 11.8 Å². The zero-order valence-electron chi connectivity index (χ0n) is 8.75. The van der Waals surface area contributed by atoms with Gasteiger partial charge in [-0.15, -0.1) is 0 Å². The fourth-order valence-corrected chi connectivity index (χ4v) is 1.22. The molecule has 0 aliphatic carbocycles. The number of carboxylic acids is 1. The highest BCUT2D eigenvalue weighted by Gasteiger charge is 2.22. The first-order valence-electron chi connectivity index (χ1n) is 4.61. The SMILES string of the molecule is CC(C)c1cc(F)c(F)c(C(=O)C(=O)O)c1. The lowest BCUT2D eigenvalue weighted by Gasteiger charge is -2.08.